The van der Waals surface area contributed by atoms with E-state index in [4.69, 9.17) is 4.74 Å². The molecule has 1 amide bonds. The summed E-state index contributed by atoms with van der Waals surface area (Å²) in [6, 6.07) is 11.1. The molecule has 0 bridgehead atoms. The lowest BCUT2D eigenvalue weighted by molar-refractivity contribution is -0.129. The molecule has 0 aliphatic rings. The van der Waals surface area contributed by atoms with Gasteiger partial charge in [0.05, 0.1) is 5.69 Å². The Balaban J connectivity index is 1.99. The fourth-order valence-electron chi connectivity index (χ4n) is 1.85. The first kappa shape index (κ1) is 15.8. The van der Waals surface area contributed by atoms with Crippen molar-refractivity contribution in [3.63, 3.8) is 0 Å². The van der Waals surface area contributed by atoms with Gasteiger partial charge in [0.1, 0.15) is 5.69 Å². The number of carbonyl (C=O) groups excluding carboxylic acids is 2. The Morgan fingerprint density at radius 3 is 2.73 bits per heavy atom. The summed E-state index contributed by atoms with van der Waals surface area (Å²) >= 11 is 0. The summed E-state index contributed by atoms with van der Waals surface area (Å²) < 4.78 is 5.12. The molecule has 6 nitrogen and oxygen atoms in total. The molecule has 22 heavy (non-hydrogen) atoms. The summed E-state index contributed by atoms with van der Waals surface area (Å²) in [6.07, 6.45) is -0.0181. The number of carbonyl (C=O) groups is 2. The first-order valence-electron chi connectivity index (χ1n) is 7.21. The molecular weight excluding hydrogens is 282 g/mol. The van der Waals surface area contributed by atoms with Gasteiger partial charge in [0, 0.05) is 12.1 Å². The Morgan fingerprint density at radius 1 is 1.32 bits per heavy atom. The van der Waals surface area contributed by atoms with Crippen LogP contribution >= 0.6 is 0 Å². The minimum atomic E-state index is -0.845. The number of ether oxygens (including phenoxy) is 1. The molecule has 0 unspecified atom stereocenters. The predicted octanol–water partition coefficient (Wildman–Crippen LogP) is 2.15. The van der Waals surface area contributed by atoms with Gasteiger partial charge < -0.3 is 10.1 Å². The van der Waals surface area contributed by atoms with Gasteiger partial charge in [0.2, 0.25) is 0 Å². The van der Waals surface area contributed by atoms with E-state index in [0.29, 0.717) is 12.2 Å². The molecule has 1 heterocycles. The number of aromatic amines is 1. The molecule has 6 heteroatoms. The van der Waals surface area contributed by atoms with Crippen LogP contribution in [0.4, 0.5) is 0 Å². The molecule has 1 aromatic heterocycles. The second-order valence-corrected chi connectivity index (χ2v) is 4.87. The van der Waals surface area contributed by atoms with Gasteiger partial charge in [-0.3, -0.25) is 9.89 Å². The Bertz CT molecular complexity index is 637. The first-order valence-corrected chi connectivity index (χ1v) is 7.21. The molecule has 1 atom stereocenters. The van der Waals surface area contributed by atoms with Gasteiger partial charge in [0.25, 0.3) is 5.91 Å². The van der Waals surface area contributed by atoms with Crippen molar-refractivity contribution in [3.05, 3.63) is 42.1 Å². The van der Waals surface area contributed by atoms with Crippen LogP contribution in [0.5, 0.6) is 0 Å². The monoisotopic (exact) mass is 301 g/mol. The molecule has 116 valence electrons. The van der Waals surface area contributed by atoms with Crippen LogP contribution in [0.2, 0.25) is 0 Å². The van der Waals surface area contributed by atoms with Gasteiger partial charge in [-0.25, -0.2) is 4.79 Å². The van der Waals surface area contributed by atoms with E-state index in [1.807, 2.05) is 37.3 Å². The highest BCUT2D eigenvalue weighted by Gasteiger charge is 2.20. The summed E-state index contributed by atoms with van der Waals surface area (Å²) in [4.78, 5) is 23.7. The van der Waals surface area contributed by atoms with E-state index >= 15 is 0 Å². The maximum atomic E-state index is 12.0. The summed E-state index contributed by atoms with van der Waals surface area (Å²) in [5.41, 5.74) is 1.76. The lowest BCUT2D eigenvalue weighted by Gasteiger charge is -2.12. The molecule has 2 N–H and O–H groups in total. The van der Waals surface area contributed by atoms with Gasteiger partial charge in [-0.05, 0) is 19.4 Å². The Labute approximate surface area is 128 Å². The molecule has 0 fully saturated rings. The third-order valence-electron chi connectivity index (χ3n) is 3.07. The van der Waals surface area contributed by atoms with Crippen LogP contribution in [0.3, 0.4) is 0 Å². The smallest absolute Gasteiger partial charge is 0.357 e. The number of amides is 1. The SMILES string of the molecule is CCCNC(=O)[C@@H](C)OC(=O)c1cc(-c2ccccc2)n[nH]1. The molecule has 1 aromatic carbocycles. The fourth-order valence-corrected chi connectivity index (χ4v) is 1.85. The maximum absolute atomic E-state index is 12.0. The normalized spacial score (nSPS) is 11.7. The van der Waals surface area contributed by atoms with E-state index in [-0.39, 0.29) is 11.6 Å². The zero-order chi connectivity index (χ0) is 15.9. The van der Waals surface area contributed by atoms with Crippen LogP contribution in [0, 0.1) is 0 Å². The minimum absolute atomic E-state index is 0.217. The molecule has 0 aliphatic carbocycles. The first-order chi connectivity index (χ1) is 10.6. The van der Waals surface area contributed by atoms with E-state index < -0.39 is 12.1 Å². The molecule has 2 aromatic rings. The maximum Gasteiger partial charge on any atom is 0.357 e. The van der Waals surface area contributed by atoms with Crippen LogP contribution in [0.15, 0.2) is 36.4 Å². The molecule has 0 spiro atoms. The lowest BCUT2D eigenvalue weighted by Crippen LogP contribution is -2.36. The summed E-state index contributed by atoms with van der Waals surface area (Å²) in [6.45, 7) is 4.05. The predicted molar refractivity (Wildman–Crippen MR) is 82.2 cm³/mol. The summed E-state index contributed by atoms with van der Waals surface area (Å²) in [5.74, 6) is -0.910. The molecule has 0 saturated carbocycles. The highest BCUT2D eigenvalue weighted by atomic mass is 16.5. The molecular formula is C16H19N3O3. The largest absolute Gasteiger partial charge is 0.448 e. The average Bonchev–Trinajstić information content (AvgIpc) is 3.03. The summed E-state index contributed by atoms with van der Waals surface area (Å²) in [7, 11) is 0. The van der Waals surface area contributed by atoms with Gasteiger partial charge >= 0.3 is 5.97 Å². The number of H-pyrrole nitrogens is 1. The summed E-state index contributed by atoms with van der Waals surface area (Å²) in [5, 5.41) is 9.40. The fraction of sp³-hybridized carbons (Fsp3) is 0.312. The molecule has 0 aliphatic heterocycles. The number of nitrogens with one attached hydrogen (secondary N) is 2. The quantitative estimate of drug-likeness (QED) is 0.801. The number of nitrogens with zero attached hydrogens (tertiary/aromatic N) is 1. The zero-order valence-corrected chi connectivity index (χ0v) is 12.6. The average molecular weight is 301 g/mol. The van der Waals surface area contributed by atoms with Crippen molar-refractivity contribution < 1.29 is 14.3 Å². The minimum Gasteiger partial charge on any atom is -0.448 e. The number of hydrogen-bond donors (Lipinski definition) is 2. The standard InChI is InChI=1S/C16H19N3O3/c1-3-9-17-15(20)11(2)22-16(21)14-10-13(18-19-14)12-7-5-4-6-8-12/h4-8,10-11H,3,9H2,1-2H3,(H,17,20)(H,18,19)/t11-/m1/s1. The van der Waals surface area contributed by atoms with Crippen molar-refractivity contribution in [3.8, 4) is 11.3 Å². The van der Waals surface area contributed by atoms with Crippen LogP contribution in [0.1, 0.15) is 30.8 Å². The highest BCUT2D eigenvalue weighted by Crippen LogP contribution is 2.17. The van der Waals surface area contributed by atoms with Gasteiger partial charge in [-0.2, -0.15) is 5.10 Å². The number of esters is 1. The van der Waals surface area contributed by atoms with Gasteiger partial charge in [-0.15, -0.1) is 0 Å². The van der Waals surface area contributed by atoms with Crippen molar-refractivity contribution >= 4 is 11.9 Å². The number of benzene rings is 1. The third kappa shape index (κ3) is 3.94. The topological polar surface area (TPSA) is 84.1 Å². The van der Waals surface area contributed by atoms with E-state index in [2.05, 4.69) is 15.5 Å². The Hall–Kier alpha value is -2.63. The van der Waals surface area contributed by atoms with E-state index in [0.717, 1.165) is 12.0 Å². The second-order valence-electron chi connectivity index (χ2n) is 4.87. The lowest BCUT2D eigenvalue weighted by atomic mass is 10.1. The molecule has 0 saturated heterocycles. The highest BCUT2D eigenvalue weighted by molar-refractivity contribution is 5.91. The molecule has 2 rings (SSSR count). The van der Waals surface area contributed by atoms with Crippen molar-refractivity contribution in [1.82, 2.24) is 15.5 Å². The van der Waals surface area contributed by atoms with Crippen molar-refractivity contribution in [2.45, 2.75) is 26.4 Å². The van der Waals surface area contributed by atoms with Crippen molar-refractivity contribution in [2.24, 2.45) is 0 Å². The molecule has 0 radical (unpaired) electrons. The van der Waals surface area contributed by atoms with E-state index in [1.54, 1.807) is 6.07 Å². The van der Waals surface area contributed by atoms with Crippen LogP contribution in [0.25, 0.3) is 11.3 Å². The van der Waals surface area contributed by atoms with Crippen LogP contribution in [-0.4, -0.2) is 34.7 Å². The number of hydrogen-bond acceptors (Lipinski definition) is 4. The van der Waals surface area contributed by atoms with Gasteiger partial charge in [0.15, 0.2) is 6.10 Å². The third-order valence-corrected chi connectivity index (χ3v) is 3.07. The van der Waals surface area contributed by atoms with Crippen molar-refractivity contribution in [2.75, 3.05) is 6.54 Å². The van der Waals surface area contributed by atoms with Crippen molar-refractivity contribution in [1.29, 1.82) is 0 Å². The van der Waals surface area contributed by atoms with Crippen LogP contribution < -0.4 is 5.32 Å². The van der Waals surface area contributed by atoms with E-state index in [1.165, 1.54) is 6.92 Å². The number of aromatic nitrogens is 2. The van der Waals surface area contributed by atoms with Crippen LogP contribution in [-0.2, 0) is 9.53 Å². The Morgan fingerprint density at radius 2 is 2.05 bits per heavy atom. The Kier molecular flexibility index (Phi) is 5.30. The second kappa shape index (κ2) is 7.40. The van der Waals surface area contributed by atoms with E-state index in [9.17, 15) is 9.59 Å². The van der Waals surface area contributed by atoms with Gasteiger partial charge in [-0.1, -0.05) is 37.3 Å². The number of rotatable bonds is 6. The zero-order valence-electron chi connectivity index (χ0n) is 12.6.